The largest absolute Gasteiger partial charge is 0.354 e. The molecule has 2 unspecified atom stereocenters. The predicted octanol–water partition coefficient (Wildman–Crippen LogP) is 2.09. The van der Waals surface area contributed by atoms with E-state index in [2.05, 4.69) is 38.0 Å². The highest BCUT2D eigenvalue weighted by Crippen LogP contribution is 1.98. The number of rotatable bonds is 8. The molecule has 0 aliphatic heterocycles. The lowest BCUT2D eigenvalue weighted by atomic mass is 10.1. The topological polar surface area (TPSA) is 41.1 Å². The Morgan fingerprint density at radius 1 is 1.31 bits per heavy atom. The Morgan fingerprint density at radius 3 is 2.44 bits per heavy atom. The first-order valence-corrected chi connectivity index (χ1v) is 6.12. The summed E-state index contributed by atoms with van der Waals surface area (Å²) in [5.41, 5.74) is 0. The average molecular weight is 226 g/mol. The van der Waals surface area contributed by atoms with Crippen LogP contribution in [-0.4, -0.2) is 24.5 Å². The summed E-state index contributed by atoms with van der Waals surface area (Å²) in [7, 11) is 0. The molecule has 94 valence electrons. The molecule has 3 nitrogen and oxygen atoms in total. The second-order valence-electron chi connectivity index (χ2n) is 4.79. The molecule has 0 saturated carbocycles. The second-order valence-corrected chi connectivity index (χ2v) is 4.79. The Balaban J connectivity index is 3.81. The van der Waals surface area contributed by atoms with Gasteiger partial charge in [-0.15, -0.1) is 6.58 Å². The number of carbonyl (C=O) groups is 1. The maximum atomic E-state index is 11.7. The molecule has 0 aromatic rings. The maximum Gasteiger partial charge on any atom is 0.236 e. The van der Waals surface area contributed by atoms with Crippen molar-refractivity contribution in [1.29, 1.82) is 0 Å². The summed E-state index contributed by atoms with van der Waals surface area (Å²) in [5, 5.41) is 6.20. The molecule has 0 aromatic heterocycles. The zero-order valence-electron chi connectivity index (χ0n) is 11.0. The zero-order valence-corrected chi connectivity index (χ0v) is 11.0. The van der Waals surface area contributed by atoms with Gasteiger partial charge in [0.2, 0.25) is 5.91 Å². The normalized spacial score (nSPS) is 14.6. The van der Waals surface area contributed by atoms with Gasteiger partial charge < -0.3 is 10.6 Å². The third-order valence-corrected chi connectivity index (χ3v) is 2.42. The molecule has 0 radical (unpaired) electrons. The van der Waals surface area contributed by atoms with Crippen molar-refractivity contribution >= 4 is 5.91 Å². The van der Waals surface area contributed by atoms with Crippen molar-refractivity contribution in [2.24, 2.45) is 5.92 Å². The Hall–Kier alpha value is -0.830. The molecule has 0 heterocycles. The zero-order chi connectivity index (χ0) is 12.6. The van der Waals surface area contributed by atoms with Gasteiger partial charge in [0.15, 0.2) is 0 Å². The van der Waals surface area contributed by atoms with E-state index in [0.717, 1.165) is 19.4 Å². The van der Waals surface area contributed by atoms with Gasteiger partial charge in [-0.25, -0.2) is 0 Å². The van der Waals surface area contributed by atoms with E-state index in [1.54, 1.807) is 0 Å². The molecule has 0 saturated heterocycles. The molecule has 1 amide bonds. The van der Waals surface area contributed by atoms with E-state index in [4.69, 9.17) is 0 Å². The van der Waals surface area contributed by atoms with Crippen molar-refractivity contribution in [3.8, 4) is 0 Å². The first kappa shape index (κ1) is 15.2. The van der Waals surface area contributed by atoms with Gasteiger partial charge in [0, 0.05) is 12.6 Å². The molecule has 0 fully saturated rings. The van der Waals surface area contributed by atoms with Gasteiger partial charge in [0.25, 0.3) is 0 Å². The second kappa shape index (κ2) is 8.34. The Bertz CT molecular complexity index is 214. The number of carbonyl (C=O) groups excluding carboxylic acids is 1. The highest BCUT2D eigenvalue weighted by atomic mass is 16.2. The third-order valence-electron chi connectivity index (χ3n) is 2.42. The predicted molar refractivity (Wildman–Crippen MR) is 69.3 cm³/mol. The summed E-state index contributed by atoms with van der Waals surface area (Å²) in [6.07, 6.45) is 3.90. The first-order valence-electron chi connectivity index (χ1n) is 6.12. The number of hydrogen-bond acceptors (Lipinski definition) is 2. The van der Waals surface area contributed by atoms with Gasteiger partial charge in [-0.3, -0.25) is 4.79 Å². The van der Waals surface area contributed by atoms with E-state index in [0.29, 0.717) is 12.0 Å². The van der Waals surface area contributed by atoms with Crippen LogP contribution in [0.4, 0.5) is 0 Å². The number of amides is 1. The van der Waals surface area contributed by atoms with Crippen LogP contribution >= 0.6 is 0 Å². The third kappa shape index (κ3) is 7.46. The van der Waals surface area contributed by atoms with E-state index < -0.39 is 0 Å². The van der Waals surface area contributed by atoms with Crippen molar-refractivity contribution < 1.29 is 4.79 Å². The maximum absolute atomic E-state index is 11.7. The van der Waals surface area contributed by atoms with E-state index >= 15 is 0 Å². The van der Waals surface area contributed by atoms with Gasteiger partial charge in [-0.05, 0) is 32.6 Å². The van der Waals surface area contributed by atoms with Crippen LogP contribution in [0, 0.1) is 5.92 Å². The van der Waals surface area contributed by atoms with Crippen molar-refractivity contribution in [3.63, 3.8) is 0 Å². The molecule has 0 aliphatic rings. The summed E-state index contributed by atoms with van der Waals surface area (Å²) in [6.45, 7) is 12.6. The number of nitrogens with one attached hydrogen (secondary N) is 2. The quantitative estimate of drug-likeness (QED) is 0.622. The van der Waals surface area contributed by atoms with Gasteiger partial charge in [-0.1, -0.05) is 19.9 Å². The number of allylic oxidation sites excluding steroid dienone is 1. The molecular formula is C13H26N2O. The SMILES string of the molecule is C=CCCC(C)NC(C)C(=O)NCC(C)C. The fourth-order valence-electron chi connectivity index (χ4n) is 1.41. The number of hydrogen-bond donors (Lipinski definition) is 2. The van der Waals surface area contributed by atoms with Crippen LogP contribution in [0.2, 0.25) is 0 Å². The Labute approximate surface area is 99.7 Å². The molecule has 2 N–H and O–H groups in total. The van der Waals surface area contributed by atoms with Crippen LogP contribution in [0.15, 0.2) is 12.7 Å². The summed E-state index contributed by atoms with van der Waals surface area (Å²) >= 11 is 0. The summed E-state index contributed by atoms with van der Waals surface area (Å²) in [4.78, 5) is 11.7. The van der Waals surface area contributed by atoms with Gasteiger partial charge >= 0.3 is 0 Å². The molecule has 0 aliphatic carbocycles. The van der Waals surface area contributed by atoms with E-state index in [9.17, 15) is 4.79 Å². The van der Waals surface area contributed by atoms with Crippen molar-refractivity contribution in [2.45, 2.75) is 52.6 Å². The van der Waals surface area contributed by atoms with Crippen LogP contribution in [0.3, 0.4) is 0 Å². The molecule has 2 atom stereocenters. The van der Waals surface area contributed by atoms with Crippen molar-refractivity contribution in [3.05, 3.63) is 12.7 Å². The minimum atomic E-state index is -0.126. The monoisotopic (exact) mass is 226 g/mol. The lowest BCUT2D eigenvalue weighted by Gasteiger charge is -2.19. The molecule has 16 heavy (non-hydrogen) atoms. The van der Waals surface area contributed by atoms with Crippen LogP contribution in [-0.2, 0) is 4.79 Å². The Kier molecular flexibility index (Phi) is 7.90. The summed E-state index contributed by atoms with van der Waals surface area (Å²) in [6, 6.07) is 0.219. The first-order chi connectivity index (χ1) is 7.47. The fraction of sp³-hybridized carbons (Fsp3) is 0.769. The van der Waals surface area contributed by atoms with E-state index in [-0.39, 0.29) is 11.9 Å². The van der Waals surface area contributed by atoms with Crippen LogP contribution < -0.4 is 10.6 Å². The highest BCUT2D eigenvalue weighted by Gasteiger charge is 2.14. The summed E-state index contributed by atoms with van der Waals surface area (Å²) < 4.78 is 0. The lowest BCUT2D eigenvalue weighted by molar-refractivity contribution is -0.123. The smallest absolute Gasteiger partial charge is 0.236 e. The molecular weight excluding hydrogens is 200 g/mol. The molecule has 3 heteroatoms. The van der Waals surface area contributed by atoms with Crippen molar-refractivity contribution in [2.75, 3.05) is 6.54 Å². The minimum Gasteiger partial charge on any atom is -0.354 e. The van der Waals surface area contributed by atoms with Crippen LogP contribution in [0.1, 0.15) is 40.5 Å². The van der Waals surface area contributed by atoms with Crippen LogP contribution in [0.25, 0.3) is 0 Å². The highest BCUT2D eigenvalue weighted by molar-refractivity contribution is 5.81. The van der Waals surface area contributed by atoms with E-state index in [1.165, 1.54) is 0 Å². The summed E-state index contributed by atoms with van der Waals surface area (Å²) in [5.74, 6) is 0.577. The van der Waals surface area contributed by atoms with E-state index in [1.807, 2.05) is 13.0 Å². The van der Waals surface area contributed by atoms with Gasteiger partial charge in [0.05, 0.1) is 6.04 Å². The molecule has 0 aromatic carbocycles. The van der Waals surface area contributed by atoms with Gasteiger partial charge in [0.1, 0.15) is 0 Å². The molecule has 0 rings (SSSR count). The molecule has 0 bridgehead atoms. The van der Waals surface area contributed by atoms with Crippen molar-refractivity contribution in [1.82, 2.24) is 10.6 Å². The van der Waals surface area contributed by atoms with Gasteiger partial charge in [-0.2, -0.15) is 0 Å². The average Bonchev–Trinajstić information content (AvgIpc) is 2.22. The fourth-order valence-corrected chi connectivity index (χ4v) is 1.41. The minimum absolute atomic E-state index is 0.0825. The lowest BCUT2D eigenvalue weighted by Crippen LogP contribution is -2.46. The Morgan fingerprint density at radius 2 is 1.94 bits per heavy atom. The molecule has 0 spiro atoms. The standard InChI is InChI=1S/C13H26N2O/c1-6-7-8-11(4)15-12(5)13(16)14-9-10(2)3/h6,10-12,15H,1,7-9H2,2-5H3,(H,14,16). The van der Waals surface area contributed by atoms with Crippen LogP contribution in [0.5, 0.6) is 0 Å².